The van der Waals surface area contributed by atoms with Crippen molar-refractivity contribution in [2.24, 2.45) is 11.7 Å². The predicted octanol–water partition coefficient (Wildman–Crippen LogP) is 1.14. The molecule has 3 rings (SSSR count). The van der Waals surface area contributed by atoms with Gasteiger partial charge in [0.1, 0.15) is 5.00 Å². The third kappa shape index (κ3) is 5.55. The number of methoxy groups -OCH3 is 1. The van der Waals surface area contributed by atoms with Gasteiger partial charge in [-0.1, -0.05) is 0 Å². The highest BCUT2D eigenvalue weighted by molar-refractivity contribution is 7.17. The van der Waals surface area contributed by atoms with Crippen LogP contribution in [0.3, 0.4) is 0 Å². The summed E-state index contributed by atoms with van der Waals surface area (Å²) in [5, 5.41) is 6.46. The van der Waals surface area contributed by atoms with Crippen molar-refractivity contribution in [1.29, 1.82) is 0 Å². The summed E-state index contributed by atoms with van der Waals surface area (Å²) >= 11 is 1.51. The molecule has 0 saturated carbocycles. The van der Waals surface area contributed by atoms with E-state index in [1.807, 2.05) is 4.90 Å². The molecule has 1 saturated heterocycles. The number of hydrogen-bond donors (Lipinski definition) is 3. The van der Waals surface area contributed by atoms with Crippen LogP contribution in [0.2, 0.25) is 0 Å². The molecule has 4 N–H and O–H groups in total. The first-order valence-electron chi connectivity index (χ1n) is 10.2. The molecule has 1 aliphatic heterocycles. The van der Waals surface area contributed by atoms with E-state index in [4.69, 9.17) is 10.5 Å². The van der Waals surface area contributed by atoms with E-state index in [-0.39, 0.29) is 30.2 Å². The molecule has 0 radical (unpaired) electrons. The number of rotatable bonds is 8. The van der Waals surface area contributed by atoms with E-state index < -0.39 is 0 Å². The van der Waals surface area contributed by atoms with Gasteiger partial charge in [0.05, 0.1) is 24.6 Å². The van der Waals surface area contributed by atoms with Crippen LogP contribution in [0, 0.1) is 5.92 Å². The summed E-state index contributed by atoms with van der Waals surface area (Å²) in [5.41, 5.74) is 7.09. The second kappa shape index (κ2) is 10.2. The summed E-state index contributed by atoms with van der Waals surface area (Å²) < 4.78 is 5.01. The van der Waals surface area contributed by atoms with E-state index in [2.05, 4.69) is 10.6 Å². The first-order chi connectivity index (χ1) is 14.0. The van der Waals surface area contributed by atoms with Gasteiger partial charge >= 0.3 is 0 Å². The van der Waals surface area contributed by atoms with Crippen molar-refractivity contribution in [3.63, 3.8) is 0 Å². The van der Waals surface area contributed by atoms with Gasteiger partial charge in [0, 0.05) is 25.1 Å². The second-order valence-electron chi connectivity index (χ2n) is 7.69. The second-order valence-corrected chi connectivity index (χ2v) is 8.79. The smallest absolute Gasteiger partial charge is 0.254 e. The zero-order valence-electron chi connectivity index (χ0n) is 16.9. The highest BCUT2D eigenvalue weighted by Crippen LogP contribution is 2.38. The molecular formula is C20H30N4O4S. The molecule has 160 valence electrons. The largest absolute Gasteiger partial charge is 0.383 e. The topological polar surface area (TPSA) is 114 Å². The molecule has 2 heterocycles. The number of anilines is 1. The zero-order valence-corrected chi connectivity index (χ0v) is 17.7. The van der Waals surface area contributed by atoms with Crippen LogP contribution in [0.1, 0.15) is 46.5 Å². The lowest BCUT2D eigenvalue weighted by Crippen LogP contribution is -2.44. The van der Waals surface area contributed by atoms with E-state index in [1.165, 1.54) is 16.2 Å². The van der Waals surface area contributed by atoms with E-state index in [1.54, 1.807) is 7.11 Å². The minimum atomic E-state index is -0.309. The van der Waals surface area contributed by atoms with E-state index in [9.17, 15) is 14.4 Å². The number of carbonyl (C=O) groups is 3. The van der Waals surface area contributed by atoms with Crippen molar-refractivity contribution in [2.45, 2.75) is 38.5 Å². The Labute approximate surface area is 175 Å². The fourth-order valence-corrected chi connectivity index (χ4v) is 5.35. The average Bonchev–Trinajstić information content (AvgIpc) is 3.05. The monoisotopic (exact) mass is 422 g/mol. The summed E-state index contributed by atoms with van der Waals surface area (Å²) in [7, 11) is 1.59. The maximum absolute atomic E-state index is 12.8. The summed E-state index contributed by atoms with van der Waals surface area (Å²) in [6.45, 7) is 2.33. The molecular weight excluding hydrogens is 392 g/mol. The number of nitrogens with one attached hydrogen (secondary N) is 2. The van der Waals surface area contributed by atoms with Crippen molar-refractivity contribution < 1.29 is 19.1 Å². The normalized spacial score (nSPS) is 19.4. The Hall–Kier alpha value is -1.97. The highest BCUT2D eigenvalue weighted by Gasteiger charge is 2.28. The van der Waals surface area contributed by atoms with Crippen molar-refractivity contribution in [1.82, 2.24) is 10.2 Å². The number of nitrogens with two attached hydrogens (primary N) is 1. The maximum atomic E-state index is 12.8. The van der Waals surface area contributed by atoms with Crippen LogP contribution in [0.5, 0.6) is 0 Å². The van der Waals surface area contributed by atoms with Crippen LogP contribution >= 0.6 is 11.3 Å². The molecule has 29 heavy (non-hydrogen) atoms. The van der Waals surface area contributed by atoms with Gasteiger partial charge in [-0.2, -0.15) is 0 Å². The Morgan fingerprint density at radius 1 is 1.24 bits per heavy atom. The van der Waals surface area contributed by atoms with Crippen LogP contribution in [-0.4, -0.2) is 62.5 Å². The van der Waals surface area contributed by atoms with Crippen molar-refractivity contribution in [3.8, 4) is 0 Å². The van der Waals surface area contributed by atoms with Crippen LogP contribution in [0.4, 0.5) is 5.00 Å². The van der Waals surface area contributed by atoms with Crippen LogP contribution in [0.25, 0.3) is 0 Å². The lowest BCUT2D eigenvalue weighted by Gasteiger charge is -2.30. The molecule has 0 spiro atoms. The van der Waals surface area contributed by atoms with Crippen LogP contribution in [-0.2, 0) is 27.2 Å². The Morgan fingerprint density at radius 2 is 2.03 bits per heavy atom. The molecule has 1 aromatic heterocycles. The number of aryl methyl sites for hydroxylation is 1. The quantitative estimate of drug-likeness (QED) is 0.544. The molecule has 2 aliphatic rings. The lowest BCUT2D eigenvalue weighted by molar-refractivity contribution is -0.125. The molecule has 1 atom stereocenters. The number of piperidine rings is 1. The molecule has 0 unspecified atom stereocenters. The molecule has 8 nitrogen and oxygen atoms in total. The molecule has 9 heteroatoms. The number of amides is 3. The lowest BCUT2D eigenvalue weighted by atomic mass is 9.95. The SMILES string of the molecule is COCCNC(=O)c1c(NC(=O)CN2CCC[C@@H](C(N)=O)C2)sc2c1CCCC2. The molecule has 0 bridgehead atoms. The predicted molar refractivity (Wildman–Crippen MR) is 112 cm³/mol. The van der Waals surface area contributed by atoms with Crippen molar-refractivity contribution >= 4 is 34.1 Å². The third-order valence-electron chi connectivity index (χ3n) is 5.52. The van der Waals surface area contributed by atoms with Crippen molar-refractivity contribution in [2.75, 3.05) is 45.2 Å². The van der Waals surface area contributed by atoms with Crippen molar-refractivity contribution in [3.05, 3.63) is 16.0 Å². The number of fused-ring (bicyclic) bond motifs is 1. The summed E-state index contributed by atoms with van der Waals surface area (Å²) in [5.74, 6) is -0.841. The fraction of sp³-hybridized carbons (Fsp3) is 0.650. The van der Waals surface area contributed by atoms with Gasteiger partial charge in [-0.25, -0.2) is 0 Å². The molecule has 1 aromatic rings. The highest BCUT2D eigenvalue weighted by atomic mass is 32.1. The number of likely N-dealkylation sites (tertiary alicyclic amines) is 1. The zero-order chi connectivity index (χ0) is 20.8. The van der Waals surface area contributed by atoms with Gasteiger partial charge < -0.3 is 21.1 Å². The van der Waals surface area contributed by atoms with Crippen LogP contribution in [0.15, 0.2) is 0 Å². The van der Waals surface area contributed by atoms with E-state index in [0.29, 0.717) is 30.3 Å². The number of hydrogen-bond acceptors (Lipinski definition) is 6. The van der Waals surface area contributed by atoms with Gasteiger partial charge in [-0.3, -0.25) is 19.3 Å². The minimum absolute atomic E-state index is 0.163. The van der Waals surface area contributed by atoms with Gasteiger partial charge in [-0.15, -0.1) is 11.3 Å². The minimum Gasteiger partial charge on any atom is -0.383 e. The summed E-state index contributed by atoms with van der Waals surface area (Å²) in [6.07, 6.45) is 5.59. The Balaban J connectivity index is 1.69. The fourth-order valence-electron chi connectivity index (χ4n) is 4.05. The third-order valence-corrected chi connectivity index (χ3v) is 6.73. The van der Waals surface area contributed by atoms with Crippen LogP contribution < -0.4 is 16.4 Å². The summed E-state index contributed by atoms with van der Waals surface area (Å²) in [4.78, 5) is 40.1. The first-order valence-corrected chi connectivity index (χ1v) is 11.0. The number of thiophene rings is 1. The first kappa shape index (κ1) is 21.7. The van der Waals surface area contributed by atoms with Gasteiger partial charge in [0.25, 0.3) is 5.91 Å². The number of ether oxygens (including phenoxy) is 1. The van der Waals surface area contributed by atoms with Gasteiger partial charge in [0.2, 0.25) is 11.8 Å². The van der Waals surface area contributed by atoms with Gasteiger partial charge in [0.15, 0.2) is 0 Å². The number of primary amides is 1. The molecule has 1 aliphatic carbocycles. The Morgan fingerprint density at radius 3 is 2.79 bits per heavy atom. The number of carbonyl (C=O) groups excluding carboxylic acids is 3. The van der Waals surface area contributed by atoms with Gasteiger partial charge in [-0.05, 0) is 50.6 Å². The van der Waals surface area contributed by atoms with E-state index in [0.717, 1.165) is 50.6 Å². The Bertz CT molecular complexity index is 764. The molecule has 3 amide bonds. The van der Waals surface area contributed by atoms with E-state index >= 15 is 0 Å². The summed E-state index contributed by atoms with van der Waals surface area (Å²) in [6, 6.07) is 0. The average molecular weight is 423 g/mol. The number of nitrogens with zero attached hydrogens (tertiary/aromatic N) is 1. The standard InChI is InChI=1S/C20H30N4O4S/c1-28-10-8-22-19(27)17-14-6-2-3-7-15(14)29-20(17)23-16(25)12-24-9-4-5-13(11-24)18(21)26/h13H,2-12H2,1H3,(H2,21,26)(H,22,27)(H,23,25)/t13-/m1/s1. The molecule has 0 aromatic carbocycles. The Kier molecular flexibility index (Phi) is 7.63. The molecule has 1 fully saturated rings. The maximum Gasteiger partial charge on any atom is 0.254 e.